The Morgan fingerprint density at radius 1 is 1.15 bits per heavy atom. The Morgan fingerprint density at radius 3 is 2.69 bits per heavy atom. The largest absolute Gasteiger partial charge is 0.393 e. The lowest BCUT2D eigenvalue weighted by Gasteiger charge is -2.44. The molecule has 1 heterocycles. The van der Waals surface area contributed by atoms with Gasteiger partial charge in [0.2, 0.25) is 0 Å². The number of fused-ring (bicyclic) bond motifs is 1. The lowest BCUT2D eigenvalue weighted by atomic mass is 9.61. The van der Waals surface area contributed by atoms with Gasteiger partial charge in [0.1, 0.15) is 0 Å². The van der Waals surface area contributed by atoms with Gasteiger partial charge < -0.3 is 20.3 Å². The van der Waals surface area contributed by atoms with Crippen LogP contribution in [0.1, 0.15) is 103 Å². The van der Waals surface area contributed by atoms with Gasteiger partial charge in [0.25, 0.3) is 0 Å². The lowest BCUT2D eigenvalue weighted by Crippen LogP contribution is -2.35. The first-order chi connectivity index (χ1) is 18.7. The zero-order chi connectivity index (χ0) is 27.8. The Bertz CT molecular complexity index is 1120. The predicted octanol–water partition coefficient (Wildman–Crippen LogP) is 7.08. The van der Waals surface area contributed by atoms with Gasteiger partial charge in [-0.25, -0.2) is 0 Å². The highest BCUT2D eigenvalue weighted by Crippen LogP contribution is 2.60. The first-order valence-electron chi connectivity index (χ1n) is 15.7. The number of aryl methyl sites for hydroxylation is 1. The maximum Gasteiger partial charge on any atom is 0.0831 e. The van der Waals surface area contributed by atoms with E-state index in [-0.39, 0.29) is 10.8 Å². The Labute approximate surface area is 236 Å². The molecule has 7 atom stereocenters. The maximum absolute atomic E-state index is 11.3. The summed E-state index contributed by atoms with van der Waals surface area (Å²) in [5.74, 6) is 1.61. The first-order valence-corrected chi connectivity index (χ1v) is 15.7. The van der Waals surface area contributed by atoms with Crippen molar-refractivity contribution in [2.24, 2.45) is 23.2 Å². The Hall–Kier alpha value is -1.88. The number of aliphatic hydroxyl groups is 3. The maximum atomic E-state index is 11.3. The van der Waals surface area contributed by atoms with Crippen LogP contribution < -0.4 is 0 Å². The van der Waals surface area contributed by atoms with Crippen LogP contribution in [-0.2, 0) is 11.8 Å². The van der Waals surface area contributed by atoms with E-state index < -0.39 is 18.3 Å². The zero-order valence-electron chi connectivity index (χ0n) is 24.5. The quantitative estimate of drug-likeness (QED) is 0.256. The van der Waals surface area contributed by atoms with Crippen molar-refractivity contribution in [1.29, 1.82) is 0 Å². The molecule has 5 rings (SSSR count). The standard InChI is InChI=1S/C35H51NO3/c1-5-6-8-25-19-32(36-22-25)35(17-18-35)33(39)15-10-23(2)29-13-14-30-26(9-7-16-34(29,30)4)11-12-27-20-28(37)21-31(38)24(27)3/h10-12,15,19,22-23,28-31,33,36-39H,3,5-9,13-14,16-18,20-21H2,1-2,4H3/b15-10+,26-11+,27-12-/t23-,28-,29-,30+,31+,33+,34-/m1/s1. The molecular formula is C35H51NO3. The summed E-state index contributed by atoms with van der Waals surface area (Å²) in [5, 5.41) is 31.7. The third kappa shape index (κ3) is 5.67. The summed E-state index contributed by atoms with van der Waals surface area (Å²) < 4.78 is 0. The van der Waals surface area contributed by atoms with Gasteiger partial charge in [-0.15, -0.1) is 0 Å². The van der Waals surface area contributed by atoms with Gasteiger partial charge in [-0.05, 0) is 110 Å². The van der Waals surface area contributed by atoms with Gasteiger partial charge in [-0.1, -0.05) is 63.6 Å². The van der Waals surface area contributed by atoms with Gasteiger partial charge >= 0.3 is 0 Å². The number of nitrogens with one attached hydrogen (secondary N) is 1. The highest BCUT2D eigenvalue weighted by atomic mass is 16.3. The fraction of sp³-hybridized carbons (Fsp3) is 0.657. The van der Waals surface area contributed by atoms with E-state index in [0.29, 0.717) is 30.6 Å². The second-order valence-electron chi connectivity index (χ2n) is 13.5. The summed E-state index contributed by atoms with van der Waals surface area (Å²) in [4.78, 5) is 3.49. The summed E-state index contributed by atoms with van der Waals surface area (Å²) in [7, 11) is 0. The van der Waals surface area contributed by atoms with E-state index in [1.54, 1.807) is 0 Å². The molecule has 0 aliphatic heterocycles. The second-order valence-corrected chi connectivity index (χ2v) is 13.5. The molecule has 0 saturated heterocycles. The van der Waals surface area contributed by atoms with Gasteiger partial charge in [0, 0.05) is 23.7 Å². The summed E-state index contributed by atoms with van der Waals surface area (Å²) in [6.07, 6.45) is 22.1. The highest BCUT2D eigenvalue weighted by molar-refractivity contribution is 5.39. The van der Waals surface area contributed by atoms with E-state index in [2.05, 4.69) is 68.9 Å². The molecular weight excluding hydrogens is 482 g/mol. The topological polar surface area (TPSA) is 76.5 Å². The van der Waals surface area contributed by atoms with Crippen LogP contribution >= 0.6 is 0 Å². The molecule has 0 amide bonds. The van der Waals surface area contributed by atoms with E-state index in [1.807, 2.05) is 0 Å². The molecule has 4 aliphatic rings. The second kappa shape index (κ2) is 11.5. The Kier molecular flexibility index (Phi) is 8.48. The monoisotopic (exact) mass is 533 g/mol. The molecule has 1 aromatic heterocycles. The lowest BCUT2D eigenvalue weighted by molar-refractivity contribution is 0.0862. The van der Waals surface area contributed by atoms with Crippen molar-refractivity contribution in [1.82, 2.24) is 4.98 Å². The molecule has 4 aliphatic carbocycles. The van der Waals surface area contributed by atoms with E-state index in [4.69, 9.17) is 0 Å². The third-order valence-corrected chi connectivity index (χ3v) is 11.0. The number of hydrogen-bond acceptors (Lipinski definition) is 3. The van der Waals surface area contributed by atoms with Crippen LogP contribution in [-0.4, -0.2) is 38.6 Å². The fourth-order valence-corrected chi connectivity index (χ4v) is 8.32. The summed E-state index contributed by atoms with van der Waals surface area (Å²) in [6, 6.07) is 2.29. The summed E-state index contributed by atoms with van der Waals surface area (Å²) in [5.41, 5.74) is 6.01. The van der Waals surface area contributed by atoms with Crippen LogP contribution in [0.25, 0.3) is 0 Å². The van der Waals surface area contributed by atoms with E-state index in [0.717, 1.165) is 36.8 Å². The van der Waals surface area contributed by atoms with Crippen LogP contribution in [0.3, 0.4) is 0 Å². The van der Waals surface area contributed by atoms with Gasteiger partial charge in [-0.3, -0.25) is 0 Å². The normalized spacial score (nSPS) is 36.0. The molecule has 0 unspecified atom stereocenters. The van der Waals surface area contributed by atoms with Crippen molar-refractivity contribution in [3.8, 4) is 0 Å². The number of H-pyrrole nitrogens is 1. The Morgan fingerprint density at radius 2 is 1.95 bits per heavy atom. The average Bonchev–Trinajstić information content (AvgIpc) is 3.44. The van der Waals surface area contributed by atoms with Crippen molar-refractivity contribution < 1.29 is 15.3 Å². The summed E-state index contributed by atoms with van der Waals surface area (Å²) >= 11 is 0. The SMILES string of the molecule is C=C1/C(=C\C=C2/CCC[C@]3(C)[C@@H]([C@H](C)/C=C/[C@H](O)C4(c5cc(CCCC)c[nH]5)CC4)CC[C@@H]23)C[C@@H](O)C[C@@H]1O. The number of hydrogen-bond donors (Lipinski definition) is 4. The molecule has 214 valence electrons. The van der Waals surface area contributed by atoms with Gasteiger partial charge in [0.05, 0.1) is 18.3 Å². The number of allylic oxidation sites excluding steroid dienone is 4. The first kappa shape index (κ1) is 28.6. The smallest absolute Gasteiger partial charge is 0.0831 e. The fourth-order valence-electron chi connectivity index (χ4n) is 8.32. The molecule has 4 nitrogen and oxygen atoms in total. The number of rotatable bonds is 9. The minimum absolute atomic E-state index is 0.124. The minimum atomic E-state index is -0.635. The number of aromatic nitrogens is 1. The van der Waals surface area contributed by atoms with E-state index >= 15 is 0 Å². The molecule has 39 heavy (non-hydrogen) atoms. The molecule has 0 aromatic carbocycles. The minimum Gasteiger partial charge on any atom is -0.393 e. The molecule has 4 saturated carbocycles. The molecule has 4 N–H and O–H groups in total. The molecule has 0 bridgehead atoms. The summed E-state index contributed by atoms with van der Waals surface area (Å²) in [6.45, 7) is 11.2. The zero-order valence-corrected chi connectivity index (χ0v) is 24.5. The number of aliphatic hydroxyl groups excluding tert-OH is 3. The van der Waals surface area contributed by atoms with Crippen LogP contribution in [0, 0.1) is 23.2 Å². The molecule has 4 fully saturated rings. The van der Waals surface area contributed by atoms with Crippen LogP contribution in [0.15, 0.2) is 59.9 Å². The number of unbranched alkanes of at least 4 members (excludes halogenated alkanes) is 1. The number of aromatic amines is 1. The van der Waals surface area contributed by atoms with E-state index in [9.17, 15) is 15.3 Å². The van der Waals surface area contributed by atoms with Crippen molar-refractivity contribution in [3.05, 3.63) is 71.1 Å². The van der Waals surface area contributed by atoms with Crippen LogP contribution in [0.2, 0.25) is 0 Å². The average molecular weight is 534 g/mol. The molecule has 0 radical (unpaired) electrons. The molecule has 0 spiro atoms. The third-order valence-electron chi connectivity index (χ3n) is 11.0. The predicted molar refractivity (Wildman–Crippen MR) is 159 cm³/mol. The Balaban J connectivity index is 1.26. The van der Waals surface area contributed by atoms with Crippen molar-refractivity contribution in [2.75, 3.05) is 0 Å². The van der Waals surface area contributed by atoms with Crippen molar-refractivity contribution in [3.63, 3.8) is 0 Å². The highest BCUT2D eigenvalue weighted by Gasteiger charge is 2.52. The van der Waals surface area contributed by atoms with Crippen molar-refractivity contribution >= 4 is 0 Å². The van der Waals surface area contributed by atoms with Crippen molar-refractivity contribution in [2.45, 2.75) is 122 Å². The van der Waals surface area contributed by atoms with Crippen LogP contribution in [0.4, 0.5) is 0 Å². The molecule has 4 heteroatoms. The van der Waals surface area contributed by atoms with Gasteiger partial charge in [-0.2, -0.15) is 0 Å². The van der Waals surface area contributed by atoms with Gasteiger partial charge in [0.15, 0.2) is 0 Å². The molecule has 1 aromatic rings. The van der Waals surface area contributed by atoms with Crippen LogP contribution in [0.5, 0.6) is 0 Å². The van der Waals surface area contributed by atoms with E-state index in [1.165, 1.54) is 55.4 Å².